The molecule has 0 aliphatic heterocycles. The van der Waals surface area contributed by atoms with E-state index in [0.29, 0.717) is 22.4 Å². The van der Waals surface area contributed by atoms with Gasteiger partial charge in [0.05, 0.1) is 29.1 Å². The molecule has 0 bridgehead atoms. The molecule has 0 aliphatic rings. The molecule has 2 aromatic rings. The summed E-state index contributed by atoms with van der Waals surface area (Å²) in [6.07, 6.45) is 5.09. The van der Waals surface area contributed by atoms with Gasteiger partial charge in [-0.25, -0.2) is 0 Å². The molecule has 0 spiro atoms. The molecule has 7 nitrogen and oxygen atoms in total. The Labute approximate surface area is 132 Å². The van der Waals surface area contributed by atoms with E-state index in [1.807, 2.05) is 31.9 Å². The minimum absolute atomic E-state index is 0.201. The predicted molar refractivity (Wildman–Crippen MR) is 84.3 cm³/mol. The Kier molecular flexibility index (Phi) is 5.13. The molecule has 0 aliphatic carbocycles. The molecule has 0 saturated heterocycles. The van der Waals surface area contributed by atoms with E-state index in [4.69, 9.17) is 0 Å². The van der Waals surface area contributed by atoms with E-state index in [1.165, 1.54) is 0 Å². The lowest BCUT2D eigenvalue weighted by Gasteiger charge is -2.08. The highest BCUT2D eigenvalue weighted by molar-refractivity contribution is 9.10. The van der Waals surface area contributed by atoms with Crippen LogP contribution in [0.1, 0.15) is 17.4 Å². The topological polar surface area (TPSA) is 68.0 Å². The molecule has 0 fully saturated rings. The monoisotopic (exact) mass is 354 g/mol. The van der Waals surface area contributed by atoms with Crippen LogP contribution in [0.15, 0.2) is 23.1 Å². The SMILES string of the molecule is CCn1ncc(Br)c1C(=O)Nc1cnn(CCN(C)C)c1. The zero-order chi connectivity index (χ0) is 15.4. The van der Waals surface area contributed by atoms with E-state index < -0.39 is 0 Å². The lowest BCUT2D eigenvalue weighted by atomic mass is 10.4. The van der Waals surface area contributed by atoms with Crippen LogP contribution in [-0.4, -0.2) is 51.0 Å². The van der Waals surface area contributed by atoms with Gasteiger partial charge in [-0.1, -0.05) is 0 Å². The second-order valence-electron chi connectivity index (χ2n) is 4.91. The Morgan fingerprint density at radius 2 is 2.14 bits per heavy atom. The van der Waals surface area contributed by atoms with Crippen LogP contribution in [0.4, 0.5) is 5.69 Å². The van der Waals surface area contributed by atoms with Crippen LogP contribution >= 0.6 is 15.9 Å². The molecule has 8 heteroatoms. The molecule has 0 unspecified atom stereocenters. The van der Waals surface area contributed by atoms with E-state index >= 15 is 0 Å². The van der Waals surface area contributed by atoms with E-state index in [1.54, 1.807) is 17.1 Å². The molecule has 2 rings (SSSR count). The van der Waals surface area contributed by atoms with Crippen molar-refractivity contribution in [2.75, 3.05) is 26.0 Å². The molecule has 0 saturated carbocycles. The summed E-state index contributed by atoms with van der Waals surface area (Å²) in [4.78, 5) is 14.4. The van der Waals surface area contributed by atoms with Gasteiger partial charge in [-0.2, -0.15) is 10.2 Å². The summed E-state index contributed by atoms with van der Waals surface area (Å²) in [6, 6.07) is 0. The second kappa shape index (κ2) is 6.86. The van der Waals surface area contributed by atoms with Crippen LogP contribution in [0.5, 0.6) is 0 Å². The van der Waals surface area contributed by atoms with Crippen molar-refractivity contribution >= 4 is 27.5 Å². The Morgan fingerprint density at radius 1 is 1.38 bits per heavy atom. The summed E-state index contributed by atoms with van der Waals surface area (Å²) >= 11 is 3.35. The number of nitrogens with zero attached hydrogens (tertiary/aromatic N) is 5. The number of nitrogens with one attached hydrogen (secondary N) is 1. The van der Waals surface area contributed by atoms with Crippen LogP contribution < -0.4 is 5.32 Å². The average Bonchev–Trinajstić information content (AvgIpc) is 3.02. The van der Waals surface area contributed by atoms with Gasteiger partial charge in [-0.05, 0) is 36.9 Å². The van der Waals surface area contributed by atoms with E-state index in [0.717, 1.165) is 13.1 Å². The molecule has 0 atom stereocenters. The summed E-state index contributed by atoms with van der Waals surface area (Å²) in [5.74, 6) is -0.201. The predicted octanol–water partition coefficient (Wildman–Crippen LogP) is 1.68. The first-order valence-corrected chi connectivity index (χ1v) is 7.50. The number of carbonyl (C=O) groups is 1. The maximum atomic E-state index is 12.3. The number of likely N-dealkylation sites (N-methyl/N-ethyl adjacent to an activating group) is 1. The Morgan fingerprint density at radius 3 is 2.81 bits per heavy atom. The molecule has 2 aromatic heterocycles. The van der Waals surface area contributed by atoms with Crippen molar-refractivity contribution < 1.29 is 4.79 Å². The number of hydrogen-bond donors (Lipinski definition) is 1. The zero-order valence-corrected chi connectivity index (χ0v) is 14.0. The van der Waals surface area contributed by atoms with Crippen molar-refractivity contribution in [2.45, 2.75) is 20.0 Å². The number of halogens is 1. The summed E-state index contributed by atoms with van der Waals surface area (Å²) in [5.41, 5.74) is 1.19. The summed E-state index contributed by atoms with van der Waals surface area (Å²) in [7, 11) is 4.02. The second-order valence-corrected chi connectivity index (χ2v) is 5.76. The highest BCUT2D eigenvalue weighted by Crippen LogP contribution is 2.17. The summed E-state index contributed by atoms with van der Waals surface area (Å²) in [6.45, 7) is 4.24. The lowest BCUT2D eigenvalue weighted by Crippen LogP contribution is -2.19. The molecular formula is C13H19BrN6O. The normalized spacial score (nSPS) is 11.1. The number of hydrogen-bond acceptors (Lipinski definition) is 4. The molecule has 21 heavy (non-hydrogen) atoms. The van der Waals surface area contributed by atoms with Gasteiger partial charge in [0.15, 0.2) is 0 Å². The Hall–Kier alpha value is -1.67. The Bertz CT molecular complexity index is 618. The van der Waals surface area contributed by atoms with Gasteiger partial charge < -0.3 is 10.2 Å². The van der Waals surface area contributed by atoms with E-state index in [9.17, 15) is 4.79 Å². The van der Waals surface area contributed by atoms with Crippen molar-refractivity contribution in [1.29, 1.82) is 0 Å². The quantitative estimate of drug-likeness (QED) is 0.856. The maximum absolute atomic E-state index is 12.3. The van der Waals surface area contributed by atoms with Gasteiger partial charge in [0.25, 0.3) is 5.91 Å². The summed E-state index contributed by atoms with van der Waals surface area (Å²) in [5, 5.41) is 11.2. The first kappa shape index (κ1) is 15.7. The summed E-state index contributed by atoms with van der Waals surface area (Å²) < 4.78 is 4.14. The van der Waals surface area contributed by atoms with Gasteiger partial charge in [-0.3, -0.25) is 14.2 Å². The van der Waals surface area contributed by atoms with Gasteiger partial charge in [0.1, 0.15) is 5.69 Å². The van der Waals surface area contributed by atoms with Crippen LogP contribution in [0.2, 0.25) is 0 Å². The van der Waals surface area contributed by atoms with Gasteiger partial charge in [-0.15, -0.1) is 0 Å². The van der Waals surface area contributed by atoms with Crippen LogP contribution in [0.25, 0.3) is 0 Å². The van der Waals surface area contributed by atoms with Crippen LogP contribution in [0.3, 0.4) is 0 Å². The first-order valence-electron chi connectivity index (χ1n) is 6.71. The zero-order valence-electron chi connectivity index (χ0n) is 12.4. The van der Waals surface area contributed by atoms with E-state index in [-0.39, 0.29) is 5.91 Å². The number of rotatable bonds is 6. The Balaban J connectivity index is 2.04. The fourth-order valence-electron chi connectivity index (χ4n) is 1.87. The maximum Gasteiger partial charge on any atom is 0.275 e. The molecule has 1 amide bonds. The molecule has 0 aromatic carbocycles. The van der Waals surface area contributed by atoms with Gasteiger partial charge in [0, 0.05) is 19.3 Å². The fourth-order valence-corrected chi connectivity index (χ4v) is 2.35. The smallest absolute Gasteiger partial charge is 0.275 e. The van der Waals surface area contributed by atoms with Gasteiger partial charge in [0.2, 0.25) is 0 Å². The molecule has 2 heterocycles. The third kappa shape index (κ3) is 3.92. The number of aryl methyl sites for hydroxylation is 1. The third-order valence-corrected chi connectivity index (χ3v) is 3.56. The number of aromatic nitrogens is 4. The highest BCUT2D eigenvalue weighted by Gasteiger charge is 2.17. The molecule has 114 valence electrons. The number of carbonyl (C=O) groups excluding carboxylic acids is 1. The lowest BCUT2D eigenvalue weighted by molar-refractivity contribution is 0.101. The largest absolute Gasteiger partial charge is 0.318 e. The van der Waals surface area contributed by atoms with Crippen molar-refractivity contribution in [3.05, 3.63) is 28.8 Å². The van der Waals surface area contributed by atoms with Crippen LogP contribution in [-0.2, 0) is 13.1 Å². The molecule has 1 N–H and O–H groups in total. The average molecular weight is 355 g/mol. The first-order chi connectivity index (χ1) is 10.0. The highest BCUT2D eigenvalue weighted by atomic mass is 79.9. The van der Waals surface area contributed by atoms with Crippen molar-refractivity contribution in [1.82, 2.24) is 24.5 Å². The van der Waals surface area contributed by atoms with Crippen molar-refractivity contribution in [2.24, 2.45) is 0 Å². The molecular weight excluding hydrogens is 336 g/mol. The van der Waals surface area contributed by atoms with Gasteiger partial charge >= 0.3 is 0 Å². The molecule has 0 radical (unpaired) electrons. The van der Waals surface area contributed by atoms with Crippen LogP contribution in [0, 0.1) is 0 Å². The third-order valence-electron chi connectivity index (χ3n) is 2.98. The minimum atomic E-state index is -0.201. The standard InChI is InChI=1S/C13H19BrN6O/c1-4-20-12(11(14)8-16-20)13(21)17-10-7-15-19(9-10)6-5-18(2)3/h7-9H,4-6H2,1-3H3,(H,17,21). The van der Waals surface area contributed by atoms with Crippen molar-refractivity contribution in [3.63, 3.8) is 0 Å². The number of amides is 1. The number of anilines is 1. The van der Waals surface area contributed by atoms with E-state index in [2.05, 4.69) is 36.3 Å². The van der Waals surface area contributed by atoms with Crippen molar-refractivity contribution in [3.8, 4) is 0 Å². The fraction of sp³-hybridized carbons (Fsp3) is 0.462. The minimum Gasteiger partial charge on any atom is -0.318 e.